The van der Waals surface area contributed by atoms with Crippen molar-refractivity contribution in [1.82, 2.24) is 5.32 Å². The summed E-state index contributed by atoms with van der Waals surface area (Å²) in [4.78, 5) is 23.0. The van der Waals surface area contributed by atoms with Gasteiger partial charge in [-0.3, -0.25) is 4.79 Å². The first kappa shape index (κ1) is 16.6. The Bertz CT molecular complexity index is 479. The molecule has 0 unspecified atom stereocenters. The number of hydrogen-bond acceptors (Lipinski definition) is 3. The highest BCUT2D eigenvalue weighted by atomic mass is 79.9. The van der Waals surface area contributed by atoms with Crippen molar-refractivity contribution in [3.8, 4) is 0 Å². The van der Waals surface area contributed by atoms with Crippen LogP contribution in [-0.4, -0.2) is 25.0 Å². The second-order valence-corrected chi connectivity index (χ2v) is 5.17. The van der Waals surface area contributed by atoms with E-state index < -0.39 is 18.4 Å². The third-order valence-corrected chi connectivity index (χ3v) is 3.08. The topological polar surface area (TPSA) is 55.4 Å². The van der Waals surface area contributed by atoms with Crippen molar-refractivity contribution in [3.63, 3.8) is 0 Å². The molecule has 0 aromatic heterocycles. The number of nitrogens with one attached hydrogen (secondary N) is 1. The second kappa shape index (κ2) is 8.68. The fourth-order valence-electron chi connectivity index (χ4n) is 1.52. The van der Waals surface area contributed by atoms with Crippen molar-refractivity contribution >= 4 is 27.8 Å². The number of benzene rings is 1. The van der Waals surface area contributed by atoms with Gasteiger partial charge in [-0.15, -0.1) is 0 Å². The summed E-state index contributed by atoms with van der Waals surface area (Å²) in [6.45, 7) is 2.21. The van der Waals surface area contributed by atoms with Gasteiger partial charge < -0.3 is 10.1 Å². The molecule has 0 bridgehead atoms. The molecule has 0 saturated carbocycles. The van der Waals surface area contributed by atoms with E-state index >= 15 is 0 Å². The van der Waals surface area contributed by atoms with Crippen LogP contribution in [-0.2, 0) is 9.53 Å². The Hall–Kier alpha value is -1.43. The molecule has 0 aliphatic carbocycles. The first-order valence-corrected chi connectivity index (χ1v) is 7.22. The van der Waals surface area contributed by atoms with Gasteiger partial charge in [0.05, 0.1) is 5.56 Å². The molecular formula is C14H17BrFNO3. The molecule has 1 aromatic carbocycles. The third-order valence-electron chi connectivity index (χ3n) is 2.59. The quantitative estimate of drug-likeness (QED) is 0.610. The van der Waals surface area contributed by atoms with Crippen molar-refractivity contribution in [3.05, 3.63) is 34.1 Å². The summed E-state index contributed by atoms with van der Waals surface area (Å²) in [7, 11) is 0. The smallest absolute Gasteiger partial charge is 0.341 e. The Morgan fingerprint density at radius 3 is 2.80 bits per heavy atom. The zero-order valence-corrected chi connectivity index (χ0v) is 12.8. The Morgan fingerprint density at radius 1 is 1.35 bits per heavy atom. The van der Waals surface area contributed by atoms with Crippen LogP contribution < -0.4 is 5.32 Å². The highest BCUT2D eigenvalue weighted by molar-refractivity contribution is 9.10. The summed E-state index contributed by atoms with van der Waals surface area (Å²) in [5, 5.41) is 2.63. The summed E-state index contributed by atoms with van der Waals surface area (Å²) >= 11 is 3.14. The van der Waals surface area contributed by atoms with E-state index in [4.69, 9.17) is 4.74 Å². The number of esters is 1. The minimum absolute atomic E-state index is 0.196. The van der Waals surface area contributed by atoms with Crippen LogP contribution in [0.15, 0.2) is 22.7 Å². The molecular weight excluding hydrogens is 329 g/mol. The maximum atomic E-state index is 13.4. The SMILES string of the molecule is CCCCCNC(=O)COC(=O)c1cc(Br)ccc1F. The molecule has 1 amide bonds. The van der Waals surface area contributed by atoms with Gasteiger partial charge in [0.1, 0.15) is 5.82 Å². The third kappa shape index (κ3) is 5.69. The van der Waals surface area contributed by atoms with E-state index in [1.807, 2.05) is 0 Å². The van der Waals surface area contributed by atoms with E-state index in [1.165, 1.54) is 12.1 Å². The Balaban J connectivity index is 2.39. The van der Waals surface area contributed by atoms with E-state index in [9.17, 15) is 14.0 Å². The molecule has 20 heavy (non-hydrogen) atoms. The molecule has 0 saturated heterocycles. The molecule has 1 rings (SSSR count). The van der Waals surface area contributed by atoms with E-state index in [0.29, 0.717) is 11.0 Å². The lowest BCUT2D eigenvalue weighted by atomic mass is 10.2. The standard InChI is InChI=1S/C14H17BrFNO3/c1-2-3-4-7-17-13(18)9-20-14(19)11-8-10(15)5-6-12(11)16/h5-6,8H,2-4,7,9H2,1H3,(H,17,18). The van der Waals surface area contributed by atoms with Gasteiger partial charge in [-0.25, -0.2) is 9.18 Å². The normalized spacial score (nSPS) is 10.2. The summed E-state index contributed by atoms with van der Waals surface area (Å²) in [6.07, 6.45) is 2.98. The van der Waals surface area contributed by atoms with E-state index in [1.54, 1.807) is 0 Å². The zero-order valence-electron chi connectivity index (χ0n) is 11.2. The molecule has 0 radical (unpaired) electrons. The predicted molar refractivity (Wildman–Crippen MR) is 76.9 cm³/mol. The monoisotopic (exact) mass is 345 g/mol. The van der Waals surface area contributed by atoms with Crippen LogP contribution in [0.2, 0.25) is 0 Å². The number of ether oxygens (including phenoxy) is 1. The molecule has 0 aliphatic rings. The van der Waals surface area contributed by atoms with Gasteiger partial charge >= 0.3 is 5.97 Å². The van der Waals surface area contributed by atoms with Crippen molar-refractivity contribution in [2.45, 2.75) is 26.2 Å². The Morgan fingerprint density at radius 2 is 2.10 bits per heavy atom. The van der Waals surface area contributed by atoms with Crippen molar-refractivity contribution in [2.24, 2.45) is 0 Å². The maximum Gasteiger partial charge on any atom is 0.341 e. The first-order chi connectivity index (χ1) is 9.54. The number of rotatable bonds is 7. The molecule has 0 heterocycles. The molecule has 0 atom stereocenters. The number of hydrogen-bond donors (Lipinski definition) is 1. The molecule has 1 N–H and O–H groups in total. The largest absolute Gasteiger partial charge is 0.452 e. The van der Waals surface area contributed by atoms with Gasteiger partial charge in [-0.2, -0.15) is 0 Å². The minimum Gasteiger partial charge on any atom is -0.452 e. The van der Waals surface area contributed by atoms with E-state index in [2.05, 4.69) is 28.2 Å². The Kier molecular flexibility index (Phi) is 7.22. The van der Waals surface area contributed by atoms with Crippen LogP contribution in [0.25, 0.3) is 0 Å². The summed E-state index contributed by atoms with van der Waals surface area (Å²) < 4.78 is 18.7. The van der Waals surface area contributed by atoms with Gasteiger partial charge in [0.15, 0.2) is 6.61 Å². The number of carbonyl (C=O) groups excluding carboxylic acids is 2. The fourth-order valence-corrected chi connectivity index (χ4v) is 1.88. The van der Waals surface area contributed by atoms with E-state index in [-0.39, 0.29) is 11.5 Å². The van der Waals surface area contributed by atoms with Crippen LogP contribution in [0.4, 0.5) is 4.39 Å². The van der Waals surface area contributed by atoms with Gasteiger partial charge in [0.25, 0.3) is 5.91 Å². The van der Waals surface area contributed by atoms with Crippen molar-refractivity contribution in [2.75, 3.05) is 13.2 Å². The highest BCUT2D eigenvalue weighted by Crippen LogP contribution is 2.16. The van der Waals surface area contributed by atoms with Gasteiger partial charge in [-0.1, -0.05) is 35.7 Å². The van der Waals surface area contributed by atoms with Crippen LogP contribution >= 0.6 is 15.9 Å². The van der Waals surface area contributed by atoms with E-state index in [0.717, 1.165) is 25.3 Å². The van der Waals surface area contributed by atoms with Gasteiger partial charge in [-0.05, 0) is 24.6 Å². The molecule has 4 nitrogen and oxygen atoms in total. The lowest BCUT2D eigenvalue weighted by Crippen LogP contribution is -2.29. The number of amides is 1. The highest BCUT2D eigenvalue weighted by Gasteiger charge is 2.15. The van der Waals surface area contributed by atoms with Crippen molar-refractivity contribution < 1.29 is 18.7 Å². The molecule has 0 spiro atoms. The average Bonchev–Trinajstić information content (AvgIpc) is 2.43. The van der Waals surface area contributed by atoms with Gasteiger partial charge in [0.2, 0.25) is 0 Å². The molecule has 0 aliphatic heterocycles. The fraction of sp³-hybridized carbons (Fsp3) is 0.429. The van der Waals surface area contributed by atoms with Crippen LogP contribution in [0.3, 0.4) is 0 Å². The summed E-state index contributed by atoms with van der Waals surface area (Å²) in [6, 6.07) is 3.95. The molecule has 6 heteroatoms. The second-order valence-electron chi connectivity index (χ2n) is 4.26. The predicted octanol–water partition coefficient (Wildman–Crippen LogP) is 3.05. The first-order valence-electron chi connectivity index (χ1n) is 6.43. The van der Waals surface area contributed by atoms with Crippen LogP contribution in [0, 0.1) is 5.82 Å². The maximum absolute atomic E-state index is 13.4. The lowest BCUT2D eigenvalue weighted by Gasteiger charge is -2.07. The molecule has 0 fully saturated rings. The lowest BCUT2D eigenvalue weighted by molar-refractivity contribution is -0.124. The van der Waals surface area contributed by atoms with Crippen LogP contribution in [0.1, 0.15) is 36.5 Å². The number of carbonyl (C=O) groups is 2. The number of halogens is 2. The minimum atomic E-state index is -0.854. The zero-order chi connectivity index (χ0) is 15.0. The van der Waals surface area contributed by atoms with Gasteiger partial charge in [0, 0.05) is 11.0 Å². The summed E-state index contributed by atoms with van der Waals surface area (Å²) in [5.74, 6) is -1.92. The summed E-state index contributed by atoms with van der Waals surface area (Å²) in [5.41, 5.74) is -0.196. The Labute approximate surface area is 125 Å². The van der Waals surface area contributed by atoms with Crippen LogP contribution in [0.5, 0.6) is 0 Å². The van der Waals surface area contributed by atoms with Crippen molar-refractivity contribution in [1.29, 1.82) is 0 Å². The average molecular weight is 346 g/mol. The number of unbranched alkanes of at least 4 members (excludes halogenated alkanes) is 2. The molecule has 1 aromatic rings. The molecule has 110 valence electrons.